The average molecular weight is 282 g/mol. The van der Waals surface area contributed by atoms with E-state index in [2.05, 4.69) is 22.5 Å². The Morgan fingerprint density at radius 3 is 2.86 bits per heavy atom. The van der Waals surface area contributed by atoms with Gasteiger partial charge in [0, 0.05) is 25.0 Å². The average Bonchev–Trinajstić information content (AvgIpc) is 2.53. The number of carbonyl (C=O) groups is 1. The maximum atomic E-state index is 12.7. The summed E-state index contributed by atoms with van der Waals surface area (Å²) in [5.41, 5.74) is 7.07. The molecule has 1 aromatic carbocycles. The highest BCUT2D eigenvalue weighted by molar-refractivity contribution is 5.99. The zero-order valence-electron chi connectivity index (χ0n) is 12.0. The Kier molecular flexibility index (Phi) is 3.58. The molecule has 2 heterocycles. The van der Waals surface area contributed by atoms with Crippen molar-refractivity contribution in [2.24, 2.45) is 5.84 Å². The second kappa shape index (κ2) is 5.54. The number of anilines is 1. The van der Waals surface area contributed by atoms with E-state index in [4.69, 9.17) is 5.84 Å². The summed E-state index contributed by atoms with van der Waals surface area (Å²) in [4.78, 5) is 18.7. The van der Waals surface area contributed by atoms with Crippen LogP contribution in [0.15, 0.2) is 36.5 Å². The Balaban J connectivity index is 1.87. The summed E-state index contributed by atoms with van der Waals surface area (Å²) in [5.74, 6) is 5.48. The number of hydrazine groups is 1. The number of fused-ring (bicyclic) bond motifs is 1. The predicted molar refractivity (Wildman–Crippen MR) is 81.7 cm³/mol. The first-order chi connectivity index (χ1) is 10.2. The summed E-state index contributed by atoms with van der Waals surface area (Å²) in [7, 11) is 0. The lowest BCUT2D eigenvalue weighted by Gasteiger charge is -2.29. The minimum absolute atomic E-state index is 0.0371. The molecule has 0 atom stereocenters. The maximum Gasteiger partial charge on any atom is 0.257 e. The van der Waals surface area contributed by atoms with Crippen molar-refractivity contribution >= 4 is 11.6 Å². The number of hydrogen-bond acceptors (Lipinski definition) is 4. The molecule has 0 unspecified atom stereocenters. The fourth-order valence-corrected chi connectivity index (χ4v) is 2.69. The quantitative estimate of drug-likeness (QED) is 0.651. The molecule has 2 aromatic rings. The molecule has 0 aliphatic carbocycles. The zero-order chi connectivity index (χ0) is 14.8. The van der Waals surface area contributed by atoms with Crippen molar-refractivity contribution < 1.29 is 4.79 Å². The van der Waals surface area contributed by atoms with E-state index < -0.39 is 0 Å². The Hall–Kier alpha value is -2.40. The van der Waals surface area contributed by atoms with Crippen LogP contribution in [0.3, 0.4) is 0 Å². The van der Waals surface area contributed by atoms with E-state index in [0.717, 1.165) is 12.1 Å². The Labute approximate surface area is 123 Å². The fraction of sp³-hybridized carbons (Fsp3) is 0.250. The van der Waals surface area contributed by atoms with Crippen molar-refractivity contribution in [2.75, 3.05) is 12.0 Å². The molecule has 3 rings (SSSR count). The Bertz CT molecular complexity index is 684. The zero-order valence-corrected chi connectivity index (χ0v) is 12.0. The van der Waals surface area contributed by atoms with Gasteiger partial charge in [-0.05, 0) is 30.5 Å². The van der Waals surface area contributed by atoms with Crippen molar-refractivity contribution in [3.05, 3.63) is 58.9 Å². The van der Waals surface area contributed by atoms with Gasteiger partial charge >= 0.3 is 0 Å². The largest absolute Gasteiger partial charge is 0.334 e. The highest BCUT2D eigenvalue weighted by Gasteiger charge is 2.23. The van der Waals surface area contributed by atoms with Gasteiger partial charge in [0.05, 0.1) is 11.3 Å². The van der Waals surface area contributed by atoms with Crippen LogP contribution >= 0.6 is 0 Å². The molecule has 0 radical (unpaired) electrons. The van der Waals surface area contributed by atoms with Crippen molar-refractivity contribution in [2.45, 2.75) is 19.9 Å². The van der Waals surface area contributed by atoms with Crippen LogP contribution in [-0.2, 0) is 13.0 Å². The van der Waals surface area contributed by atoms with Gasteiger partial charge in [0.15, 0.2) is 0 Å². The third kappa shape index (κ3) is 2.60. The van der Waals surface area contributed by atoms with Crippen LogP contribution in [0.1, 0.15) is 27.2 Å². The van der Waals surface area contributed by atoms with Gasteiger partial charge in [0.1, 0.15) is 0 Å². The van der Waals surface area contributed by atoms with Crippen molar-refractivity contribution in [1.29, 1.82) is 0 Å². The third-order valence-electron chi connectivity index (χ3n) is 3.84. The third-order valence-corrected chi connectivity index (χ3v) is 3.84. The van der Waals surface area contributed by atoms with Gasteiger partial charge in [-0.3, -0.25) is 15.6 Å². The number of aryl methyl sites for hydroxylation is 1. The predicted octanol–water partition coefficient (Wildman–Crippen LogP) is 1.87. The molecule has 5 nitrogen and oxygen atoms in total. The number of hydrogen-bond donors (Lipinski definition) is 2. The number of amides is 1. The molecule has 1 aromatic heterocycles. The fourth-order valence-electron chi connectivity index (χ4n) is 2.69. The molecule has 0 bridgehead atoms. The summed E-state index contributed by atoms with van der Waals surface area (Å²) >= 11 is 0. The van der Waals surface area contributed by atoms with Gasteiger partial charge in [-0.15, -0.1) is 0 Å². The van der Waals surface area contributed by atoms with Crippen LogP contribution in [0, 0.1) is 6.92 Å². The Morgan fingerprint density at radius 2 is 2.10 bits per heavy atom. The van der Waals surface area contributed by atoms with E-state index in [-0.39, 0.29) is 5.91 Å². The molecule has 21 heavy (non-hydrogen) atoms. The highest BCUT2D eigenvalue weighted by atomic mass is 16.2. The SMILES string of the molecule is Cc1cc(NN)c(C(=O)N2CCc3ccccc3C2)cn1. The molecular weight excluding hydrogens is 264 g/mol. The standard InChI is InChI=1S/C16H18N4O/c1-11-8-15(19-17)14(9-18-11)16(21)20-7-6-12-4-2-3-5-13(12)10-20/h2-5,8-9H,6-7,10,17H2,1H3,(H,18,19). The lowest BCUT2D eigenvalue weighted by Crippen LogP contribution is -2.36. The number of nitrogen functional groups attached to an aromatic ring is 1. The number of nitrogens with one attached hydrogen (secondary N) is 1. The van der Waals surface area contributed by atoms with Gasteiger partial charge in [-0.2, -0.15) is 0 Å². The summed E-state index contributed by atoms with van der Waals surface area (Å²) in [6.07, 6.45) is 2.47. The summed E-state index contributed by atoms with van der Waals surface area (Å²) in [5, 5.41) is 0. The van der Waals surface area contributed by atoms with Crippen LogP contribution < -0.4 is 11.3 Å². The van der Waals surface area contributed by atoms with E-state index in [9.17, 15) is 4.79 Å². The number of carbonyl (C=O) groups excluding carboxylic acids is 1. The lowest BCUT2D eigenvalue weighted by molar-refractivity contribution is 0.0735. The summed E-state index contributed by atoms with van der Waals surface area (Å²) < 4.78 is 0. The first kappa shape index (κ1) is 13.6. The molecule has 0 saturated heterocycles. The van der Waals surface area contributed by atoms with E-state index in [1.807, 2.05) is 24.0 Å². The van der Waals surface area contributed by atoms with Gasteiger partial charge in [0.2, 0.25) is 0 Å². The topological polar surface area (TPSA) is 71.2 Å². The van der Waals surface area contributed by atoms with Crippen LogP contribution in [0.5, 0.6) is 0 Å². The van der Waals surface area contributed by atoms with E-state index in [1.165, 1.54) is 11.1 Å². The molecule has 0 saturated carbocycles. The second-order valence-electron chi connectivity index (χ2n) is 5.26. The molecule has 3 N–H and O–H groups in total. The molecule has 1 aliphatic heterocycles. The first-order valence-electron chi connectivity index (χ1n) is 6.98. The summed E-state index contributed by atoms with van der Waals surface area (Å²) in [6.45, 7) is 3.22. The number of benzene rings is 1. The van der Waals surface area contributed by atoms with Gasteiger partial charge in [-0.25, -0.2) is 0 Å². The van der Waals surface area contributed by atoms with Gasteiger partial charge in [0.25, 0.3) is 5.91 Å². The number of nitrogens with two attached hydrogens (primary N) is 1. The minimum atomic E-state index is -0.0371. The lowest BCUT2D eigenvalue weighted by atomic mass is 9.99. The molecule has 0 spiro atoms. The molecule has 1 amide bonds. The van der Waals surface area contributed by atoms with E-state index in [1.54, 1.807) is 12.3 Å². The number of pyridine rings is 1. The molecular formula is C16H18N4O. The number of nitrogens with zero attached hydrogens (tertiary/aromatic N) is 2. The minimum Gasteiger partial charge on any atom is -0.334 e. The van der Waals surface area contributed by atoms with Gasteiger partial charge < -0.3 is 10.3 Å². The monoisotopic (exact) mass is 282 g/mol. The maximum absolute atomic E-state index is 12.7. The van der Waals surface area contributed by atoms with E-state index in [0.29, 0.717) is 24.3 Å². The smallest absolute Gasteiger partial charge is 0.257 e. The van der Waals surface area contributed by atoms with Crippen LogP contribution in [-0.4, -0.2) is 22.3 Å². The van der Waals surface area contributed by atoms with E-state index >= 15 is 0 Å². The second-order valence-corrected chi connectivity index (χ2v) is 5.26. The molecule has 5 heteroatoms. The van der Waals surface area contributed by atoms with Gasteiger partial charge in [-0.1, -0.05) is 24.3 Å². The van der Waals surface area contributed by atoms with Crippen LogP contribution in [0.2, 0.25) is 0 Å². The molecule has 108 valence electrons. The van der Waals surface area contributed by atoms with Crippen molar-refractivity contribution in [1.82, 2.24) is 9.88 Å². The first-order valence-corrected chi connectivity index (χ1v) is 6.98. The summed E-state index contributed by atoms with van der Waals surface area (Å²) in [6, 6.07) is 10.0. The molecule has 0 fully saturated rings. The van der Waals surface area contributed by atoms with Crippen LogP contribution in [0.4, 0.5) is 5.69 Å². The van der Waals surface area contributed by atoms with Crippen LogP contribution in [0.25, 0.3) is 0 Å². The molecule has 1 aliphatic rings. The Morgan fingerprint density at radius 1 is 1.33 bits per heavy atom. The number of rotatable bonds is 2. The van der Waals surface area contributed by atoms with Crippen molar-refractivity contribution in [3.63, 3.8) is 0 Å². The number of aromatic nitrogens is 1. The normalized spacial score (nSPS) is 13.7. The highest BCUT2D eigenvalue weighted by Crippen LogP contribution is 2.23. The van der Waals surface area contributed by atoms with Crippen molar-refractivity contribution in [3.8, 4) is 0 Å².